The summed E-state index contributed by atoms with van der Waals surface area (Å²) in [6, 6.07) is 5.31. The molecule has 0 fully saturated rings. The average molecular weight is 188 g/mol. The van der Waals surface area contributed by atoms with E-state index in [0.717, 1.165) is 5.56 Å². The van der Waals surface area contributed by atoms with Gasteiger partial charge in [0.15, 0.2) is 5.76 Å². The monoisotopic (exact) mass is 188 g/mol. The van der Waals surface area contributed by atoms with E-state index in [1.165, 1.54) is 6.26 Å². The SMILES string of the molecule is NC(=O)c1occc1-c1cccnc1. The van der Waals surface area contributed by atoms with E-state index in [-0.39, 0.29) is 5.76 Å². The number of nitrogens with zero attached hydrogens (tertiary/aromatic N) is 1. The van der Waals surface area contributed by atoms with Crippen LogP contribution in [0.2, 0.25) is 0 Å². The molecule has 0 atom stereocenters. The predicted octanol–water partition coefficient (Wildman–Crippen LogP) is 1.44. The fourth-order valence-corrected chi connectivity index (χ4v) is 1.25. The van der Waals surface area contributed by atoms with E-state index < -0.39 is 5.91 Å². The van der Waals surface area contributed by atoms with Gasteiger partial charge in [-0.15, -0.1) is 0 Å². The molecular weight excluding hydrogens is 180 g/mol. The predicted molar refractivity (Wildman–Crippen MR) is 50.5 cm³/mol. The number of hydrogen-bond acceptors (Lipinski definition) is 3. The van der Waals surface area contributed by atoms with Crippen LogP contribution >= 0.6 is 0 Å². The van der Waals surface area contributed by atoms with E-state index in [1.807, 2.05) is 6.07 Å². The number of aromatic nitrogens is 1. The van der Waals surface area contributed by atoms with Crippen LogP contribution in [0.5, 0.6) is 0 Å². The largest absolute Gasteiger partial charge is 0.459 e. The van der Waals surface area contributed by atoms with Gasteiger partial charge in [0.25, 0.3) is 5.91 Å². The molecule has 0 bridgehead atoms. The summed E-state index contributed by atoms with van der Waals surface area (Å²) in [5.74, 6) is -0.410. The molecule has 0 unspecified atom stereocenters. The summed E-state index contributed by atoms with van der Waals surface area (Å²) >= 11 is 0. The van der Waals surface area contributed by atoms with Gasteiger partial charge in [0, 0.05) is 23.5 Å². The second kappa shape index (κ2) is 3.33. The maximum atomic E-state index is 11.0. The first-order valence-corrected chi connectivity index (χ1v) is 4.07. The summed E-state index contributed by atoms with van der Waals surface area (Å²) in [7, 11) is 0. The number of nitrogens with two attached hydrogens (primary N) is 1. The van der Waals surface area contributed by atoms with Gasteiger partial charge in [-0.25, -0.2) is 0 Å². The Labute approximate surface area is 80.4 Å². The highest BCUT2D eigenvalue weighted by molar-refractivity contribution is 5.96. The Morgan fingerprint density at radius 1 is 1.43 bits per heavy atom. The van der Waals surface area contributed by atoms with Crippen LogP contribution < -0.4 is 5.73 Å². The quantitative estimate of drug-likeness (QED) is 0.775. The molecule has 4 nitrogen and oxygen atoms in total. The van der Waals surface area contributed by atoms with Crippen molar-refractivity contribution < 1.29 is 9.21 Å². The molecule has 2 aromatic heterocycles. The Balaban J connectivity index is 2.52. The van der Waals surface area contributed by atoms with Crippen molar-refractivity contribution in [2.24, 2.45) is 5.73 Å². The first-order chi connectivity index (χ1) is 6.79. The summed E-state index contributed by atoms with van der Waals surface area (Å²) in [4.78, 5) is 14.9. The Morgan fingerprint density at radius 2 is 2.29 bits per heavy atom. The molecule has 0 saturated carbocycles. The topological polar surface area (TPSA) is 69.1 Å². The van der Waals surface area contributed by atoms with E-state index in [1.54, 1.807) is 24.5 Å². The normalized spacial score (nSPS) is 10.0. The van der Waals surface area contributed by atoms with E-state index in [9.17, 15) is 4.79 Å². The molecule has 0 aliphatic rings. The minimum Gasteiger partial charge on any atom is -0.459 e. The third kappa shape index (κ3) is 1.37. The maximum absolute atomic E-state index is 11.0. The number of carbonyl (C=O) groups is 1. The summed E-state index contributed by atoms with van der Waals surface area (Å²) in [5, 5.41) is 0. The Bertz CT molecular complexity index is 448. The van der Waals surface area contributed by atoms with Crippen molar-refractivity contribution in [2.75, 3.05) is 0 Å². The second-order valence-electron chi connectivity index (χ2n) is 2.77. The number of pyridine rings is 1. The van der Waals surface area contributed by atoms with Gasteiger partial charge in [0.1, 0.15) is 0 Å². The lowest BCUT2D eigenvalue weighted by Gasteiger charge is -1.97. The zero-order valence-electron chi connectivity index (χ0n) is 7.31. The molecule has 2 rings (SSSR count). The molecule has 0 aromatic carbocycles. The van der Waals surface area contributed by atoms with Gasteiger partial charge in [-0.2, -0.15) is 0 Å². The third-order valence-corrected chi connectivity index (χ3v) is 1.86. The standard InChI is InChI=1S/C10H8N2O2/c11-10(13)9-8(3-5-14-9)7-2-1-4-12-6-7/h1-6H,(H2,11,13). The number of carbonyl (C=O) groups excluding carboxylic acids is 1. The van der Waals surface area contributed by atoms with Gasteiger partial charge in [-0.3, -0.25) is 9.78 Å². The number of amides is 1. The van der Waals surface area contributed by atoms with Crippen molar-refractivity contribution in [3.05, 3.63) is 42.6 Å². The van der Waals surface area contributed by atoms with Crippen LogP contribution in [-0.2, 0) is 0 Å². The molecule has 2 aromatic rings. The molecule has 0 radical (unpaired) electrons. The van der Waals surface area contributed by atoms with Crippen molar-refractivity contribution in [1.82, 2.24) is 4.98 Å². The summed E-state index contributed by atoms with van der Waals surface area (Å²) in [6.45, 7) is 0. The van der Waals surface area contributed by atoms with Gasteiger partial charge in [0.2, 0.25) is 0 Å². The highest BCUT2D eigenvalue weighted by Gasteiger charge is 2.12. The Morgan fingerprint density at radius 3 is 2.93 bits per heavy atom. The number of hydrogen-bond donors (Lipinski definition) is 1. The van der Waals surface area contributed by atoms with Crippen molar-refractivity contribution >= 4 is 5.91 Å². The molecule has 4 heteroatoms. The summed E-state index contributed by atoms with van der Waals surface area (Å²) in [6.07, 6.45) is 4.74. The smallest absolute Gasteiger partial charge is 0.285 e. The molecule has 0 spiro atoms. The summed E-state index contributed by atoms with van der Waals surface area (Å²) < 4.78 is 4.98. The molecule has 0 aliphatic carbocycles. The molecule has 1 amide bonds. The van der Waals surface area contributed by atoms with Gasteiger partial charge in [-0.1, -0.05) is 6.07 Å². The maximum Gasteiger partial charge on any atom is 0.285 e. The molecule has 0 saturated heterocycles. The van der Waals surface area contributed by atoms with Crippen LogP contribution in [0, 0.1) is 0 Å². The van der Waals surface area contributed by atoms with E-state index in [0.29, 0.717) is 5.56 Å². The molecule has 0 aliphatic heterocycles. The van der Waals surface area contributed by atoms with Crippen LogP contribution in [0.1, 0.15) is 10.6 Å². The van der Waals surface area contributed by atoms with Crippen LogP contribution in [0.25, 0.3) is 11.1 Å². The first kappa shape index (κ1) is 8.50. The molecule has 70 valence electrons. The Hall–Kier alpha value is -2.10. The highest BCUT2D eigenvalue weighted by Crippen LogP contribution is 2.23. The van der Waals surface area contributed by atoms with Crippen molar-refractivity contribution in [1.29, 1.82) is 0 Å². The molecular formula is C10H8N2O2. The fourth-order valence-electron chi connectivity index (χ4n) is 1.25. The minimum atomic E-state index is -0.575. The van der Waals surface area contributed by atoms with Crippen LogP contribution in [0.3, 0.4) is 0 Å². The Kier molecular flexibility index (Phi) is 2.02. The summed E-state index contributed by atoms with van der Waals surface area (Å²) in [5.41, 5.74) is 6.63. The lowest BCUT2D eigenvalue weighted by molar-refractivity contribution is 0.0975. The van der Waals surface area contributed by atoms with Gasteiger partial charge in [-0.05, 0) is 12.1 Å². The number of primary amides is 1. The van der Waals surface area contributed by atoms with E-state index in [2.05, 4.69) is 4.98 Å². The molecule has 2 N–H and O–H groups in total. The lowest BCUT2D eigenvalue weighted by atomic mass is 10.1. The zero-order chi connectivity index (χ0) is 9.97. The van der Waals surface area contributed by atoms with E-state index >= 15 is 0 Å². The average Bonchev–Trinajstić information content (AvgIpc) is 2.67. The minimum absolute atomic E-state index is 0.165. The van der Waals surface area contributed by atoms with Crippen LogP contribution in [0.15, 0.2) is 41.3 Å². The third-order valence-electron chi connectivity index (χ3n) is 1.86. The lowest BCUT2D eigenvalue weighted by Crippen LogP contribution is -2.10. The van der Waals surface area contributed by atoms with Crippen LogP contribution in [0.4, 0.5) is 0 Å². The van der Waals surface area contributed by atoms with Crippen LogP contribution in [-0.4, -0.2) is 10.9 Å². The molecule has 2 heterocycles. The zero-order valence-corrected chi connectivity index (χ0v) is 7.31. The first-order valence-electron chi connectivity index (χ1n) is 4.07. The van der Waals surface area contributed by atoms with Gasteiger partial charge < -0.3 is 10.2 Å². The fraction of sp³-hybridized carbons (Fsp3) is 0. The number of rotatable bonds is 2. The van der Waals surface area contributed by atoms with Crippen molar-refractivity contribution in [2.45, 2.75) is 0 Å². The highest BCUT2D eigenvalue weighted by atomic mass is 16.3. The second-order valence-corrected chi connectivity index (χ2v) is 2.77. The van der Waals surface area contributed by atoms with Crippen molar-refractivity contribution in [3.8, 4) is 11.1 Å². The molecule has 14 heavy (non-hydrogen) atoms. The van der Waals surface area contributed by atoms with E-state index in [4.69, 9.17) is 10.2 Å². The number of furan rings is 1. The van der Waals surface area contributed by atoms with Crippen molar-refractivity contribution in [3.63, 3.8) is 0 Å². The van der Waals surface area contributed by atoms with Gasteiger partial charge >= 0.3 is 0 Å². The van der Waals surface area contributed by atoms with Gasteiger partial charge in [0.05, 0.1) is 6.26 Å².